The first-order valence-electron chi connectivity index (χ1n) is 11.2. The number of hydrogen-bond donors (Lipinski definition) is 1. The molecule has 13 heteroatoms. The predicted octanol–water partition coefficient (Wildman–Crippen LogP) is 6.22. The quantitative estimate of drug-likeness (QED) is 0.119. The van der Waals surface area contributed by atoms with E-state index < -0.39 is 28.5 Å². The van der Waals surface area contributed by atoms with Gasteiger partial charge in [-0.1, -0.05) is 15.9 Å². The molecule has 0 aliphatic carbocycles. The largest absolute Gasteiger partial charge is 0.493 e. The van der Waals surface area contributed by atoms with E-state index in [4.69, 9.17) is 9.47 Å². The number of anilines is 1. The number of nitro benzene ring substituents is 1. The zero-order valence-corrected chi connectivity index (χ0v) is 24.7. The van der Waals surface area contributed by atoms with Crippen molar-refractivity contribution in [1.29, 1.82) is 0 Å². The van der Waals surface area contributed by atoms with Gasteiger partial charge >= 0.3 is 0 Å². The van der Waals surface area contributed by atoms with Crippen LogP contribution in [0.2, 0.25) is 0 Å². The number of nitrogens with zero attached hydrogens (tertiary/aromatic N) is 2. The minimum Gasteiger partial charge on any atom is -0.493 e. The number of ether oxygens (including phenoxy) is 2. The van der Waals surface area contributed by atoms with E-state index in [9.17, 15) is 24.5 Å². The number of benzene rings is 3. The monoisotopic (exact) mass is 723 g/mol. The van der Waals surface area contributed by atoms with Crippen LogP contribution in [-0.2, 0) is 16.2 Å². The minimum absolute atomic E-state index is 0.0144. The Hall–Kier alpha value is -3.43. The van der Waals surface area contributed by atoms with E-state index in [1.165, 1.54) is 25.3 Å². The van der Waals surface area contributed by atoms with Crippen molar-refractivity contribution < 1.29 is 28.8 Å². The van der Waals surface area contributed by atoms with Crippen LogP contribution in [0.4, 0.5) is 16.2 Å². The highest BCUT2D eigenvalue weighted by molar-refractivity contribution is 14.1. The number of halogens is 2. The summed E-state index contributed by atoms with van der Waals surface area (Å²) in [4.78, 5) is 49.3. The molecule has 0 unspecified atom stereocenters. The number of thioether (sulfide) groups is 1. The second-order valence-corrected chi connectivity index (χ2v) is 11.2. The van der Waals surface area contributed by atoms with E-state index in [0.29, 0.717) is 27.2 Å². The van der Waals surface area contributed by atoms with E-state index in [0.717, 1.165) is 25.8 Å². The van der Waals surface area contributed by atoms with Gasteiger partial charge in [0.25, 0.3) is 16.8 Å². The Morgan fingerprint density at radius 3 is 2.46 bits per heavy atom. The number of methoxy groups -OCH3 is 1. The Kier molecular flexibility index (Phi) is 9.24. The maximum Gasteiger partial charge on any atom is 0.294 e. The molecule has 1 fully saturated rings. The van der Waals surface area contributed by atoms with Gasteiger partial charge in [-0.3, -0.25) is 29.4 Å². The standard InChI is InChI=1S/C26H19BrIN3O7S/c1-37-21-10-16(20(27)12-22(21)38-14-15-2-8-19(9-3-15)31(35)36)11-23-25(33)30(26(34)39-23)13-24(32)29-18-6-4-17(28)5-7-18/h2-12H,13-14H2,1H3,(H,29,32)/b23-11+. The Balaban J connectivity index is 1.45. The molecule has 0 aromatic heterocycles. The number of carbonyl (C=O) groups is 3. The third-order valence-electron chi connectivity index (χ3n) is 5.41. The van der Waals surface area contributed by atoms with E-state index in [1.807, 2.05) is 12.1 Å². The molecule has 3 aromatic carbocycles. The smallest absolute Gasteiger partial charge is 0.294 e. The molecule has 1 saturated heterocycles. The van der Waals surface area contributed by atoms with Crippen LogP contribution in [0.3, 0.4) is 0 Å². The van der Waals surface area contributed by atoms with Crippen LogP contribution < -0.4 is 14.8 Å². The summed E-state index contributed by atoms with van der Waals surface area (Å²) < 4.78 is 12.9. The van der Waals surface area contributed by atoms with E-state index in [1.54, 1.807) is 36.4 Å². The lowest BCUT2D eigenvalue weighted by molar-refractivity contribution is -0.384. The van der Waals surface area contributed by atoms with Gasteiger partial charge in [-0.05, 0) is 100 Å². The fourth-order valence-corrected chi connectivity index (χ4v) is 5.09. The summed E-state index contributed by atoms with van der Waals surface area (Å²) in [6.07, 6.45) is 1.54. The molecule has 1 N–H and O–H groups in total. The fourth-order valence-electron chi connectivity index (χ4n) is 3.46. The lowest BCUT2D eigenvalue weighted by Gasteiger charge is -2.13. The average molecular weight is 724 g/mol. The van der Waals surface area contributed by atoms with Crippen LogP contribution in [0.25, 0.3) is 6.08 Å². The molecule has 1 aliphatic heterocycles. The summed E-state index contributed by atoms with van der Waals surface area (Å²) in [7, 11) is 1.46. The van der Waals surface area contributed by atoms with Crippen molar-refractivity contribution >= 4 is 84.8 Å². The molecule has 0 bridgehead atoms. The number of rotatable bonds is 9. The maximum absolute atomic E-state index is 12.9. The summed E-state index contributed by atoms with van der Waals surface area (Å²) in [5, 5.41) is 13.0. The summed E-state index contributed by atoms with van der Waals surface area (Å²) in [5.74, 6) is -0.285. The molecule has 0 radical (unpaired) electrons. The number of imide groups is 1. The molecule has 1 aliphatic rings. The first-order valence-corrected chi connectivity index (χ1v) is 13.9. The Morgan fingerprint density at radius 1 is 1.13 bits per heavy atom. The predicted molar refractivity (Wildman–Crippen MR) is 159 cm³/mol. The molecule has 1 heterocycles. The van der Waals surface area contributed by atoms with Gasteiger partial charge in [0.05, 0.1) is 16.9 Å². The number of nitrogens with one attached hydrogen (secondary N) is 1. The second kappa shape index (κ2) is 12.6. The van der Waals surface area contributed by atoms with Gasteiger partial charge in [0.1, 0.15) is 13.2 Å². The van der Waals surface area contributed by atoms with Gasteiger partial charge < -0.3 is 14.8 Å². The molecular formula is C26H19BrIN3O7S. The molecule has 39 heavy (non-hydrogen) atoms. The van der Waals surface area contributed by atoms with Crippen LogP contribution >= 0.6 is 50.3 Å². The molecule has 0 atom stereocenters. The first-order chi connectivity index (χ1) is 18.6. The molecule has 3 amide bonds. The number of amides is 3. The molecule has 200 valence electrons. The molecule has 0 saturated carbocycles. The normalized spacial score (nSPS) is 14.0. The highest BCUT2D eigenvalue weighted by Gasteiger charge is 2.36. The number of nitro groups is 1. The third-order valence-corrected chi connectivity index (χ3v) is 7.73. The zero-order valence-electron chi connectivity index (χ0n) is 20.2. The van der Waals surface area contributed by atoms with Crippen LogP contribution in [0.15, 0.2) is 70.0 Å². The lowest BCUT2D eigenvalue weighted by Crippen LogP contribution is -2.36. The van der Waals surface area contributed by atoms with Gasteiger partial charge in [-0.2, -0.15) is 0 Å². The Morgan fingerprint density at radius 2 is 1.82 bits per heavy atom. The molecular weight excluding hydrogens is 705 g/mol. The van der Waals surface area contributed by atoms with Crippen molar-refractivity contribution in [3.8, 4) is 11.5 Å². The third kappa shape index (κ3) is 7.16. The van der Waals surface area contributed by atoms with Crippen molar-refractivity contribution in [2.75, 3.05) is 19.0 Å². The fraction of sp³-hybridized carbons (Fsp3) is 0.115. The van der Waals surface area contributed by atoms with E-state index in [-0.39, 0.29) is 17.2 Å². The van der Waals surface area contributed by atoms with Gasteiger partial charge in [0, 0.05) is 25.9 Å². The number of carbonyl (C=O) groups excluding carboxylic acids is 3. The van der Waals surface area contributed by atoms with Gasteiger partial charge in [-0.15, -0.1) is 0 Å². The number of hydrogen-bond acceptors (Lipinski definition) is 8. The van der Waals surface area contributed by atoms with Crippen LogP contribution in [0, 0.1) is 13.7 Å². The number of non-ortho nitro benzene ring substituents is 1. The van der Waals surface area contributed by atoms with Crippen LogP contribution in [0.1, 0.15) is 11.1 Å². The Bertz CT molecular complexity index is 1480. The van der Waals surface area contributed by atoms with Gasteiger partial charge in [0.15, 0.2) is 11.5 Å². The van der Waals surface area contributed by atoms with E-state index in [2.05, 4.69) is 43.8 Å². The Labute approximate surface area is 249 Å². The molecule has 3 aromatic rings. The summed E-state index contributed by atoms with van der Waals surface area (Å²) >= 11 is 6.35. The SMILES string of the molecule is COc1cc(/C=C2/SC(=O)N(CC(=O)Nc3ccc(I)cc3)C2=O)c(Br)cc1OCc1ccc([N+](=O)[O-])cc1. The lowest BCUT2D eigenvalue weighted by atomic mass is 10.1. The molecule has 10 nitrogen and oxygen atoms in total. The van der Waals surface area contributed by atoms with Crippen molar-refractivity contribution in [2.45, 2.75) is 6.61 Å². The van der Waals surface area contributed by atoms with Crippen molar-refractivity contribution in [2.24, 2.45) is 0 Å². The van der Waals surface area contributed by atoms with Crippen LogP contribution in [-0.4, -0.2) is 40.5 Å². The molecule has 0 spiro atoms. The topological polar surface area (TPSA) is 128 Å². The highest BCUT2D eigenvalue weighted by Crippen LogP contribution is 2.38. The second-order valence-electron chi connectivity index (χ2n) is 8.06. The van der Waals surface area contributed by atoms with Crippen molar-refractivity contribution in [3.05, 3.63) is 94.9 Å². The summed E-state index contributed by atoms with van der Waals surface area (Å²) in [6.45, 7) is -0.267. The van der Waals surface area contributed by atoms with Gasteiger partial charge in [-0.25, -0.2) is 0 Å². The van der Waals surface area contributed by atoms with Gasteiger partial charge in [0.2, 0.25) is 5.91 Å². The first kappa shape index (κ1) is 28.6. The zero-order chi connectivity index (χ0) is 28.1. The van der Waals surface area contributed by atoms with Crippen molar-refractivity contribution in [3.63, 3.8) is 0 Å². The summed E-state index contributed by atoms with van der Waals surface area (Å²) in [6, 6.07) is 16.4. The average Bonchev–Trinajstić information content (AvgIpc) is 3.17. The summed E-state index contributed by atoms with van der Waals surface area (Å²) in [5.41, 5.74) is 1.83. The highest BCUT2D eigenvalue weighted by atomic mass is 127. The maximum atomic E-state index is 12.9. The van der Waals surface area contributed by atoms with Crippen LogP contribution in [0.5, 0.6) is 11.5 Å². The minimum atomic E-state index is -0.577. The molecule has 4 rings (SSSR count). The van der Waals surface area contributed by atoms with Crippen molar-refractivity contribution in [1.82, 2.24) is 4.90 Å². The van der Waals surface area contributed by atoms with E-state index >= 15 is 0 Å².